The molecule has 2 aliphatic carbocycles. The molecule has 3 nitrogen and oxygen atoms in total. The second-order valence-corrected chi connectivity index (χ2v) is 4.69. The lowest BCUT2D eigenvalue weighted by Gasteiger charge is -2.16. The molecule has 0 unspecified atom stereocenters. The smallest absolute Gasteiger partial charge is 0.387 e. The fourth-order valence-corrected chi connectivity index (χ4v) is 1.41. The molecular formula is C10H12ClF6N3. The average Bonchev–Trinajstić information content (AvgIpc) is 3.10. The van der Waals surface area contributed by atoms with E-state index in [0.29, 0.717) is 0 Å². The van der Waals surface area contributed by atoms with Crippen molar-refractivity contribution in [2.45, 2.75) is 38.0 Å². The van der Waals surface area contributed by atoms with Crippen LogP contribution in [0.1, 0.15) is 25.7 Å². The summed E-state index contributed by atoms with van der Waals surface area (Å²) in [5, 5.41) is 14.7. The van der Waals surface area contributed by atoms with Crippen molar-refractivity contribution >= 4 is 18.2 Å². The minimum atomic E-state index is -4.32. The number of hydrogen-bond donors (Lipinski definition) is 2. The zero-order chi connectivity index (χ0) is 15.1. The first-order chi connectivity index (χ1) is 8.42. The molecule has 0 aromatic heterocycles. The SMILES string of the molecule is Cl.N#CC1(C(F)(F)F)CC1.N=C(N)C1(C(F)(F)F)CC1. The van der Waals surface area contributed by atoms with Gasteiger partial charge in [0, 0.05) is 0 Å². The maximum Gasteiger partial charge on any atom is 0.407 e. The van der Waals surface area contributed by atoms with Crippen LogP contribution < -0.4 is 5.73 Å². The van der Waals surface area contributed by atoms with Crippen molar-refractivity contribution < 1.29 is 26.3 Å². The molecule has 2 fully saturated rings. The second-order valence-electron chi connectivity index (χ2n) is 4.69. The minimum Gasteiger partial charge on any atom is -0.387 e. The Balaban J connectivity index is 0.000000345. The number of alkyl halides is 6. The van der Waals surface area contributed by atoms with Crippen molar-refractivity contribution in [2.75, 3.05) is 0 Å². The van der Waals surface area contributed by atoms with Gasteiger partial charge in [0.1, 0.15) is 11.3 Å². The maximum atomic E-state index is 11.9. The van der Waals surface area contributed by atoms with Crippen molar-refractivity contribution in [1.82, 2.24) is 0 Å². The summed E-state index contributed by atoms with van der Waals surface area (Å²) in [6.45, 7) is 0. The van der Waals surface area contributed by atoms with Gasteiger partial charge in [-0.3, -0.25) is 5.41 Å². The maximum absolute atomic E-state index is 11.9. The van der Waals surface area contributed by atoms with Crippen LogP contribution >= 0.6 is 12.4 Å². The first kappa shape index (κ1) is 18.8. The average molecular weight is 324 g/mol. The minimum absolute atomic E-state index is 0. The third-order valence-corrected chi connectivity index (χ3v) is 3.31. The Morgan fingerprint density at radius 2 is 1.40 bits per heavy atom. The first-order valence-corrected chi connectivity index (χ1v) is 5.31. The quantitative estimate of drug-likeness (QED) is 0.440. The van der Waals surface area contributed by atoms with Gasteiger partial charge in [-0.25, -0.2) is 0 Å². The Hall–Kier alpha value is -1.17. The Bertz CT molecular complexity index is 414. The number of amidine groups is 1. The van der Waals surface area contributed by atoms with E-state index in [9.17, 15) is 26.3 Å². The Morgan fingerprint density at radius 3 is 1.40 bits per heavy atom. The predicted molar refractivity (Wildman–Crippen MR) is 60.2 cm³/mol. The van der Waals surface area contributed by atoms with Gasteiger partial charge in [0.15, 0.2) is 5.41 Å². The highest BCUT2D eigenvalue weighted by Gasteiger charge is 2.66. The molecule has 0 aliphatic heterocycles. The van der Waals surface area contributed by atoms with E-state index in [2.05, 4.69) is 0 Å². The fraction of sp³-hybridized carbons (Fsp3) is 0.800. The van der Waals surface area contributed by atoms with Crippen LogP contribution in [0.25, 0.3) is 0 Å². The molecule has 0 aromatic carbocycles. The Morgan fingerprint density at radius 1 is 1.00 bits per heavy atom. The number of hydrogen-bond acceptors (Lipinski definition) is 2. The summed E-state index contributed by atoms with van der Waals surface area (Å²) in [4.78, 5) is 0. The van der Waals surface area contributed by atoms with Crippen LogP contribution in [0.15, 0.2) is 0 Å². The molecule has 0 amide bonds. The van der Waals surface area contributed by atoms with Crippen LogP contribution in [0.2, 0.25) is 0 Å². The molecule has 0 aromatic rings. The first-order valence-electron chi connectivity index (χ1n) is 5.31. The molecule has 0 bridgehead atoms. The van der Waals surface area contributed by atoms with Crippen molar-refractivity contribution in [3.8, 4) is 6.07 Å². The molecule has 10 heteroatoms. The summed E-state index contributed by atoms with van der Waals surface area (Å²) < 4.78 is 70.8. The molecule has 2 aliphatic rings. The monoisotopic (exact) mass is 323 g/mol. The van der Waals surface area contributed by atoms with Gasteiger partial charge in [-0.1, -0.05) is 0 Å². The van der Waals surface area contributed by atoms with Gasteiger partial charge in [-0.2, -0.15) is 31.6 Å². The van der Waals surface area contributed by atoms with Gasteiger partial charge in [-0.15, -0.1) is 12.4 Å². The zero-order valence-corrected chi connectivity index (χ0v) is 10.8. The van der Waals surface area contributed by atoms with E-state index in [-0.39, 0.29) is 38.1 Å². The van der Waals surface area contributed by atoms with E-state index in [4.69, 9.17) is 16.4 Å². The summed E-state index contributed by atoms with van der Waals surface area (Å²) in [7, 11) is 0. The van der Waals surface area contributed by atoms with Crippen LogP contribution in [0, 0.1) is 27.6 Å². The van der Waals surface area contributed by atoms with E-state index in [1.54, 1.807) is 0 Å². The van der Waals surface area contributed by atoms with Gasteiger partial charge in [-0.05, 0) is 25.7 Å². The van der Waals surface area contributed by atoms with Gasteiger partial charge in [0.05, 0.1) is 6.07 Å². The number of nitrogens with zero attached hydrogens (tertiary/aromatic N) is 1. The molecule has 0 spiro atoms. The van der Waals surface area contributed by atoms with Crippen molar-refractivity contribution in [1.29, 1.82) is 10.7 Å². The Kier molecular flexibility index (Phi) is 5.00. The summed E-state index contributed by atoms with van der Waals surface area (Å²) in [5.41, 5.74) is 0.865. The van der Waals surface area contributed by atoms with Crippen molar-refractivity contribution in [3.05, 3.63) is 0 Å². The molecule has 0 atom stereocenters. The van der Waals surface area contributed by atoms with Gasteiger partial charge in [0.2, 0.25) is 0 Å². The third kappa shape index (κ3) is 3.29. The topological polar surface area (TPSA) is 73.7 Å². The predicted octanol–water partition coefficient (Wildman–Crippen LogP) is 3.54. The number of nitrogens with one attached hydrogen (secondary N) is 1. The van der Waals surface area contributed by atoms with E-state index in [1.807, 2.05) is 0 Å². The lowest BCUT2D eigenvalue weighted by molar-refractivity contribution is -0.169. The van der Waals surface area contributed by atoms with Crippen LogP contribution in [0.5, 0.6) is 0 Å². The number of rotatable bonds is 1. The Labute approximate surface area is 117 Å². The molecule has 2 rings (SSSR count). The fourth-order valence-electron chi connectivity index (χ4n) is 1.41. The van der Waals surface area contributed by atoms with E-state index in [0.717, 1.165) is 0 Å². The third-order valence-electron chi connectivity index (χ3n) is 3.31. The molecule has 0 radical (unpaired) electrons. The second kappa shape index (κ2) is 5.31. The molecule has 20 heavy (non-hydrogen) atoms. The van der Waals surface area contributed by atoms with Crippen LogP contribution in [0.4, 0.5) is 26.3 Å². The zero-order valence-electron chi connectivity index (χ0n) is 10.0. The molecular weight excluding hydrogens is 312 g/mol. The van der Waals surface area contributed by atoms with Crippen LogP contribution in [-0.2, 0) is 0 Å². The van der Waals surface area contributed by atoms with Gasteiger partial charge < -0.3 is 5.73 Å². The van der Waals surface area contributed by atoms with Gasteiger partial charge >= 0.3 is 12.4 Å². The standard InChI is InChI=1S/C5H7F3N2.C5H4F3N.ClH/c6-5(7,8)4(1-2-4)3(9)10;6-5(7,8)4(3-9)1-2-4;/h1-2H2,(H3,9,10);1-2H2;1H. The largest absolute Gasteiger partial charge is 0.407 e. The van der Waals surface area contributed by atoms with Gasteiger partial charge in [0.25, 0.3) is 0 Å². The van der Waals surface area contributed by atoms with E-state index in [1.165, 1.54) is 6.07 Å². The van der Waals surface area contributed by atoms with Crippen molar-refractivity contribution in [2.24, 2.45) is 16.6 Å². The highest BCUT2D eigenvalue weighted by molar-refractivity contribution is 5.87. The summed E-state index contributed by atoms with van der Waals surface area (Å²) in [6, 6.07) is 1.27. The van der Waals surface area contributed by atoms with Crippen LogP contribution in [0.3, 0.4) is 0 Å². The van der Waals surface area contributed by atoms with E-state index >= 15 is 0 Å². The highest BCUT2D eigenvalue weighted by atomic mass is 35.5. The molecule has 116 valence electrons. The number of halogens is 7. The normalized spacial score (nSPS) is 21.4. The summed E-state index contributed by atoms with van der Waals surface area (Å²) >= 11 is 0. The molecule has 3 N–H and O–H groups in total. The summed E-state index contributed by atoms with van der Waals surface area (Å²) in [5.74, 6) is -0.750. The molecule has 0 heterocycles. The van der Waals surface area contributed by atoms with Crippen LogP contribution in [-0.4, -0.2) is 18.2 Å². The molecule has 2 saturated carbocycles. The van der Waals surface area contributed by atoms with Crippen molar-refractivity contribution in [3.63, 3.8) is 0 Å². The lowest BCUT2D eigenvalue weighted by Crippen LogP contribution is -2.37. The molecule has 0 saturated heterocycles. The number of nitriles is 1. The number of nitrogens with two attached hydrogens (primary N) is 1. The highest BCUT2D eigenvalue weighted by Crippen LogP contribution is 2.57. The van der Waals surface area contributed by atoms with E-state index < -0.39 is 29.0 Å². The lowest BCUT2D eigenvalue weighted by atomic mass is 10.1. The summed E-state index contributed by atoms with van der Waals surface area (Å²) in [6.07, 6.45) is -8.71.